The van der Waals surface area contributed by atoms with Crippen LogP contribution in [0.15, 0.2) is 18.2 Å². The number of phenolic OH excluding ortho intramolecular Hbond substituents is 1. The first-order chi connectivity index (χ1) is 11.3. The van der Waals surface area contributed by atoms with Gasteiger partial charge in [-0.2, -0.15) is 0 Å². The lowest BCUT2D eigenvalue weighted by Crippen LogP contribution is -2.47. The smallest absolute Gasteiger partial charge is 0.408 e. The number of esters is 1. The molecule has 25 heavy (non-hydrogen) atoms. The number of alkyl carbamates (subject to hydrolysis) is 1. The summed E-state index contributed by atoms with van der Waals surface area (Å²) in [5, 5.41) is 12.3. The Bertz CT molecular complexity index is 626. The number of amides is 1. The molecular formula is C19H29NO5. The predicted molar refractivity (Wildman–Crippen MR) is 95.6 cm³/mol. The van der Waals surface area contributed by atoms with Gasteiger partial charge >= 0.3 is 12.1 Å². The molecule has 0 aliphatic heterocycles. The fourth-order valence-corrected chi connectivity index (χ4v) is 2.11. The zero-order valence-electron chi connectivity index (χ0n) is 16.1. The zero-order chi connectivity index (χ0) is 19.4. The quantitative estimate of drug-likeness (QED) is 0.811. The first kappa shape index (κ1) is 20.8. The summed E-state index contributed by atoms with van der Waals surface area (Å²) in [6.45, 7) is 12.4. The monoisotopic (exact) mass is 351 g/mol. The molecule has 0 saturated carbocycles. The van der Waals surface area contributed by atoms with E-state index in [-0.39, 0.29) is 12.2 Å². The number of aromatic hydroxyl groups is 1. The number of benzene rings is 1. The minimum Gasteiger partial charge on any atom is -0.508 e. The Hall–Kier alpha value is -2.24. The van der Waals surface area contributed by atoms with E-state index in [4.69, 9.17) is 9.47 Å². The Morgan fingerprint density at radius 2 is 1.64 bits per heavy atom. The largest absolute Gasteiger partial charge is 0.508 e. The number of hydrogen-bond donors (Lipinski definition) is 2. The maximum atomic E-state index is 12.5. The minimum atomic E-state index is -0.922. The molecule has 0 spiro atoms. The van der Waals surface area contributed by atoms with Gasteiger partial charge in [0, 0.05) is 6.42 Å². The summed E-state index contributed by atoms with van der Waals surface area (Å²) in [7, 11) is 0. The number of ether oxygens (including phenoxy) is 2. The van der Waals surface area contributed by atoms with Gasteiger partial charge in [0.1, 0.15) is 23.0 Å². The van der Waals surface area contributed by atoms with Crippen molar-refractivity contribution in [2.24, 2.45) is 0 Å². The molecule has 6 nitrogen and oxygen atoms in total. The van der Waals surface area contributed by atoms with E-state index < -0.39 is 29.3 Å². The van der Waals surface area contributed by atoms with Crippen LogP contribution in [0.25, 0.3) is 0 Å². The van der Waals surface area contributed by atoms with Gasteiger partial charge in [0.2, 0.25) is 0 Å². The van der Waals surface area contributed by atoms with Crippen LogP contribution in [0, 0.1) is 6.92 Å². The minimum absolute atomic E-state index is 0.0980. The second kappa shape index (κ2) is 7.76. The number of nitrogens with one attached hydrogen (secondary N) is 1. The summed E-state index contributed by atoms with van der Waals surface area (Å²) in [5.74, 6) is -0.457. The molecule has 1 atom stereocenters. The molecule has 0 radical (unpaired) electrons. The molecule has 140 valence electrons. The Kier molecular flexibility index (Phi) is 6.46. The molecule has 0 aliphatic rings. The van der Waals surface area contributed by atoms with Gasteiger partial charge in [-0.05, 0) is 71.7 Å². The molecule has 1 amide bonds. The number of phenols is 1. The number of carbonyl (C=O) groups excluding carboxylic acids is 2. The maximum Gasteiger partial charge on any atom is 0.408 e. The van der Waals surface area contributed by atoms with Gasteiger partial charge in [0.05, 0.1) is 0 Å². The molecular weight excluding hydrogens is 322 g/mol. The van der Waals surface area contributed by atoms with Crippen molar-refractivity contribution in [3.05, 3.63) is 29.3 Å². The molecule has 1 aromatic carbocycles. The van der Waals surface area contributed by atoms with E-state index in [2.05, 4.69) is 5.32 Å². The molecule has 2 N–H and O–H groups in total. The molecule has 0 fully saturated rings. The second-order valence-electron chi connectivity index (χ2n) is 8.05. The van der Waals surface area contributed by atoms with Crippen LogP contribution in [0.2, 0.25) is 0 Å². The van der Waals surface area contributed by atoms with Gasteiger partial charge in [-0.3, -0.25) is 0 Å². The normalized spacial score (nSPS) is 13.1. The molecule has 0 aromatic heterocycles. The van der Waals surface area contributed by atoms with Crippen molar-refractivity contribution >= 4 is 12.1 Å². The predicted octanol–water partition coefficient (Wildman–Crippen LogP) is 3.48. The maximum absolute atomic E-state index is 12.5. The summed E-state index contributed by atoms with van der Waals surface area (Å²) >= 11 is 0. The van der Waals surface area contributed by atoms with Gasteiger partial charge in [-0.25, -0.2) is 9.59 Å². The van der Waals surface area contributed by atoms with Crippen LogP contribution in [-0.4, -0.2) is 34.4 Å². The lowest BCUT2D eigenvalue weighted by atomic mass is 10.0. The fourth-order valence-electron chi connectivity index (χ4n) is 2.11. The molecule has 0 saturated heterocycles. The highest BCUT2D eigenvalue weighted by Crippen LogP contribution is 2.19. The third-order valence-electron chi connectivity index (χ3n) is 3.14. The molecule has 0 bridgehead atoms. The van der Waals surface area contributed by atoms with E-state index in [1.807, 2.05) is 6.92 Å². The Labute approximate surface area is 149 Å². The van der Waals surface area contributed by atoms with Crippen molar-refractivity contribution in [1.29, 1.82) is 0 Å². The second-order valence-corrected chi connectivity index (χ2v) is 8.05. The van der Waals surface area contributed by atoms with Crippen molar-refractivity contribution in [1.82, 2.24) is 5.32 Å². The van der Waals surface area contributed by atoms with Crippen molar-refractivity contribution in [2.45, 2.75) is 72.1 Å². The highest BCUT2D eigenvalue weighted by molar-refractivity contribution is 5.82. The lowest BCUT2D eigenvalue weighted by molar-refractivity contribution is -0.157. The summed E-state index contributed by atoms with van der Waals surface area (Å²) in [6, 6.07) is 3.98. The van der Waals surface area contributed by atoms with Gasteiger partial charge in [0.15, 0.2) is 0 Å². The molecule has 0 aliphatic carbocycles. The Morgan fingerprint density at radius 1 is 1.08 bits per heavy atom. The third-order valence-corrected chi connectivity index (χ3v) is 3.14. The van der Waals surface area contributed by atoms with Crippen LogP contribution in [0.3, 0.4) is 0 Å². The first-order valence-electron chi connectivity index (χ1n) is 8.28. The average molecular weight is 351 g/mol. The van der Waals surface area contributed by atoms with Crippen LogP contribution in [0.1, 0.15) is 52.7 Å². The van der Waals surface area contributed by atoms with E-state index in [9.17, 15) is 14.7 Å². The summed E-state index contributed by atoms with van der Waals surface area (Å²) < 4.78 is 10.6. The van der Waals surface area contributed by atoms with Crippen LogP contribution >= 0.6 is 0 Å². The van der Waals surface area contributed by atoms with Crippen LogP contribution in [-0.2, 0) is 20.7 Å². The van der Waals surface area contributed by atoms with E-state index in [0.717, 1.165) is 11.1 Å². The average Bonchev–Trinajstić information content (AvgIpc) is 2.38. The summed E-state index contributed by atoms with van der Waals surface area (Å²) in [5.41, 5.74) is 0.284. The fraction of sp³-hybridized carbons (Fsp3) is 0.579. The summed E-state index contributed by atoms with van der Waals surface area (Å²) in [6.07, 6.45) is -0.504. The molecule has 6 heteroatoms. The van der Waals surface area contributed by atoms with E-state index in [1.54, 1.807) is 59.7 Å². The molecule has 1 unspecified atom stereocenters. The van der Waals surface area contributed by atoms with Crippen LogP contribution in [0.5, 0.6) is 5.75 Å². The van der Waals surface area contributed by atoms with Crippen molar-refractivity contribution in [3.63, 3.8) is 0 Å². The van der Waals surface area contributed by atoms with Crippen molar-refractivity contribution in [2.75, 3.05) is 0 Å². The highest BCUT2D eigenvalue weighted by atomic mass is 16.6. The van der Waals surface area contributed by atoms with Crippen molar-refractivity contribution in [3.8, 4) is 5.75 Å². The van der Waals surface area contributed by atoms with Gasteiger partial charge in [-0.1, -0.05) is 6.07 Å². The highest BCUT2D eigenvalue weighted by Gasteiger charge is 2.29. The number of hydrogen-bond acceptors (Lipinski definition) is 5. The molecule has 1 rings (SSSR count). The van der Waals surface area contributed by atoms with Crippen molar-refractivity contribution < 1.29 is 24.2 Å². The third kappa shape index (κ3) is 7.92. The van der Waals surface area contributed by atoms with Crippen LogP contribution < -0.4 is 5.32 Å². The topological polar surface area (TPSA) is 84.9 Å². The standard InChI is InChI=1S/C19H29NO5/c1-12-8-9-14(21)10-13(12)11-15(16(22)24-18(2,3)4)20-17(23)25-19(5,6)7/h8-10,15,21H,11H2,1-7H3,(H,20,23). The van der Waals surface area contributed by atoms with Gasteiger partial charge in [0.25, 0.3) is 0 Å². The number of aryl methyl sites for hydroxylation is 1. The van der Waals surface area contributed by atoms with E-state index in [1.165, 1.54) is 0 Å². The van der Waals surface area contributed by atoms with Gasteiger partial charge in [-0.15, -0.1) is 0 Å². The summed E-state index contributed by atoms with van der Waals surface area (Å²) in [4.78, 5) is 24.6. The zero-order valence-corrected chi connectivity index (χ0v) is 16.1. The Morgan fingerprint density at radius 3 is 2.16 bits per heavy atom. The number of rotatable bonds is 4. The van der Waals surface area contributed by atoms with Gasteiger partial charge < -0.3 is 19.9 Å². The Balaban J connectivity index is 3.00. The lowest BCUT2D eigenvalue weighted by Gasteiger charge is -2.26. The SMILES string of the molecule is Cc1ccc(O)cc1CC(NC(=O)OC(C)(C)C)C(=O)OC(C)(C)C. The van der Waals surface area contributed by atoms with E-state index >= 15 is 0 Å². The molecule has 1 aromatic rings. The number of carbonyl (C=O) groups is 2. The van der Waals surface area contributed by atoms with E-state index in [0.29, 0.717) is 0 Å². The van der Waals surface area contributed by atoms with Crippen LogP contribution in [0.4, 0.5) is 4.79 Å². The first-order valence-corrected chi connectivity index (χ1v) is 8.28. The molecule has 0 heterocycles.